The molecule has 3 rings (SSSR count). The normalized spacial score (nSPS) is 11.2. The van der Waals surface area contributed by atoms with Crippen LogP contribution in [0.25, 0.3) is 21.7 Å². The third kappa shape index (κ3) is 1.37. The molecule has 1 heterocycles. The Labute approximate surface area is 99.3 Å². The van der Waals surface area contributed by atoms with Crippen molar-refractivity contribution in [2.24, 2.45) is 0 Å². The molecule has 2 nitrogen and oxygen atoms in total. The van der Waals surface area contributed by atoms with Crippen LogP contribution in [0.1, 0.15) is 23.0 Å². The summed E-state index contributed by atoms with van der Waals surface area (Å²) >= 11 is 0. The van der Waals surface area contributed by atoms with Gasteiger partial charge < -0.3 is 4.98 Å². The first-order chi connectivity index (χ1) is 8.18. The lowest BCUT2D eigenvalue weighted by molar-refractivity contribution is 0.101. The average molecular weight is 223 g/mol. The molecule has 0 saturated heterocycles. The van der Waals surface area contributed by atoms with Crippen molar-refractivity contribution >= 4 is 27.5 Å². The number of Topliss-reactive ketones (excluding diaryl/α,β-unsaturated/α-hetero) is 1. The number of aromatic nitrogens is 1. The van der Waals surface area contributed by atoms with Crippen LogP contribution in [0.3, 0.4) is 0 Å². The molecule has 1 aromatic heterocycles. The van der Waals surface area contributed by atoms with Crippen molar-refractivity contribution < 1.29 is 4.79 Å². The van der Waals surface area contributed by atoms with Crippen molar-refractivity contribution in [3.05, 3.63) is 47.7 Å². The lowest BCUT2D eigenvalue weighted by atomic mass is 10.0. The molecule has 0 radical (unpaired) electrons. The van der Waals surface area contributed by atoms with E-state index in [-0.39, 0.29) is 5.78 Å². The molecule has 0 bridgehead atoms. The van der Waals surface area contributed by atoms with Crippen LogP contribution in [0.5, 0.6) is 0 Å². The summed E-state index contributed by atoms with van der Waals surface area (Å²) in [6.07, 6.45) is 0. The van der Waals surface area contributed by atoms with Gasteiger partial charge in [-0.05, 0) is 19.2 Å². The number of hydrogen-bond acceptors (Lipinski definition) is 1. The molecular weight excluding hydrogens is 210 g/mol. The summed E-state index contributed by atoms with van der Waals surface area (Å²) < 4.78 is 0. The van der Waals surface area contributed by atoms with Crippen LogP contribution in [0.15, 0.2) is 36.4 Å². The molecule has 3 aromatic rings. The summed E-state index contributed by atoms with van der Waals surface area (Å²) in [5.74, 6) is 0.115. The summed E-state index contributed by atoms with van der Waals surface area (Å²) in [5, 5.41) is 3.38. The van der Waals surface area contributed by atoms with Gasteiger partial charge in [-0.25, -0.2) is 0 Å². The second kappa shape index (κ2) is 3.45. The van der Waals surface area contributed by atoms with E-state index in [0.717, 1.165) is 22.2 Å². The second-order valence-corrected chi connectivity index (χ2v) is 4.39. The number of fused-ring (bicyclic) bond motifs is 3. The predicted molar refractivity (Wildman–Crippen MR) is 70.5 cm³/mol. The minimum Gasteiger partial charge on any atom is -0.357 e. The van der Waals surface area contributed by atoms with E-state index in [1.807, 2.05) is 25.1 Å². The number of benzene rings is 2. The molecule has 0 unspecified atom stereocenters. The quantitative estimate of drug-likeness (QED) is 0.625. The van der Waals surface area contributed by atoms with E-state index in [9.17, 15) is 4.79 Å². The summed E-state index contributed by atoms with van der Waals surface area (Å²) in [6, 6.07) is 12.3. The minimum absolute atomic E-state index is 0.115. The standard InChI is InChI=1S/C15H13NO/c1-9-14(10(2)17)13-8-7-11-5-3-4-6-12(11)15(13)16-9/h3-8,16H,1-2H3. The molecule has 0 aliphatic heterocycles. The van der Waals surface area contributed by atoms with Crippen molar-refractivity contribution in [2.45, 2.75) is 13.8 Å². The van der Waals surface area contributed by atoms with Crippen molar-refractivity contribution in [1.82, 2.24) is 4.98 Å². The lowest BCUT2D eigenvalue weighted by Crippen LogP contribution is -1.92. The zero-order valence-corrected chi connectivity index (χ0v) is 9.87. The molecule has 0 aliphatic rings. The van der Waals surface area contributed by atoms with Crippen LogP contribution in [0.2, 0.25) is 0 Å². The number of ketones is 1. The number of carbonyl (C=O) groups is 1. The Morgan fingerprint density at radius 1 is 1.06 bits per heavy atom. The Hall–Kier alpha value is -2.09. The molecule has 0 spiro atoms. The van der Waals surface area contributed by atoms with E-state index in [1.54, 1.807) is 6.92 Å². The molecule has 17 heavy (non-hydrogen) atoms. The summed E-state index contributed by atoms with van der Waals surface area (Å²) in [6.45, 7) is 3.57. The summed E-state index contributed by atoms with van der Waals surface area (Å²) in [4.78, 5) is 15.0. The SMILES string of the molecule is CC(=O)c1c(C)[nH]c2c1ccc1ccccc12. The third-order valence-electron chi connectivity index (χ3n) is 3.24. The van der Waals surface area contributed by atoms with Gasteiger partial charge in [0.05, 0.1) is 5.52 Å². The first-order valence-corrected chi connectivity index (χ1v) is 5.69. The number of nitrogens with one attached hydrogen (secondary N) is 1. The Morgan fingerprint density at radius 2 is 1.82 bits per heavy atom. The van der Waals surface area contributed by atoms with Crippen LogP contribution in [0, 0.1) is 6.92 Å². The third-order valence-corrected chi connectivity index (χ3v) is 3.24. The maximum Gasteiger partial charge on any atom is 0.162 e. The number of aryl methyl sites for hydroxylation is 1. The zero-order chi connectivity index (χ0) is 12.0. The fourth-order valence-corrected chi connectivity index (χ4v) is 2.52. The fraction of sp³-hybridized carbons (Fsp3) is 0.133. The maximum atomic E-state index is 11.7. The summed E-state index contributed by atoms with van der Waals surface area (Å²) in [5.41, 5.74) is 2.82. The molecule has 2 aromatic carbocycles. The van der Waals surface area contributed by atoms with Crippen LogP contribution < -0.4 is 0 Å². The topological polar surface area (TPSA) is 32.9 Å². The monoisotopic (exact) mass is 223 g/mol. The number of H-pyrrole nitrogens is 1. The Kier molecular flexibility index (Phi) is 2.05. The van der Waals surface area contributed by atoms with Crippen LogP contribution in [-0.2, 0) is 0 Å². The van der Waals surface area contributed by atoms with E-state index in [1.165, 1.54) is 10.8 Å². The van der Waals surface area contributed by atoms with E-state index in [4.69, 9.17) is 0 Å². The Balaban J connectivity index is 2.53. The largest absolute Gasteiger partial charge is 0.357 e. The highest BCUT2D eigenvalue weighted by atomic mass is 16.1. The van der Waals surface area contributed by atoms with Gasteiger partial charge in [0.25, 0.3) is 0 Å². The molecule has 84 valence electrons. The molecule has 0 amide bonds. The average Bonchev–Trinajstić information content (AvgIpc) is 2.65. The molecular formula is C15H13NO. The van der Waals surface area contributed by atoms with Gasteiger partial charge in [0, 0.05) is 22.0 Å². The van der Waals surface area contributed by atoms with Crippen LogP contribution in [0.4, 0.5) is 0 Å². The first kappa shape index (κ1) is 10.1. The molecule has 1 N–H and O–H groups in total. The fourth-order valence-electron chi connectivity index (χ4n) is 2.52. The molecule has 0 fully saturated rings. The lowest BCUT2D eigenvalue weighted by Gasteiger charge is -1.99. The van der Waals surface area contributed by atoms with Gasteiger partial charge in [-0.1, -0.05) is 36.4 Å². The van der Waals surface area contributed by atoms with Crippen molar-refractivity contribution in [1.29, 1.82) is 0 Å². The van der Waals surface area contributed by atoms with E-state index in [2.05, 4.69) is 23.2 Å². The van der Waals surface area contributed by atoms with Gasteiger partial charge >= 0.3 is 0 Å². The Morgan fingerprint density at radius 3 is 2.59 bits per heavy atom. The van der Waals surface area contributed by atoms with Gasteiger partial charge in [-0.3, -0.25) is 4.79 Å². The second-order valence-electron chi connectivity index (χ2n) is 4.39. The molecule has 0 saturated carbocycles. The zero-order valence-electron chi connectivity index (χ0n) is 9.87. The molecule has 2 heteroatoms. The van der Waals surface area contributed by atoms with Crippen LogP contribution >= 0.6 is 0 Å². The van der Waals surface area contributed by atoms with E-state index < -0.39 is 0 Å². The van der Waals surface area contributed by atoms with Crippen molar-refractivity contribution in [3.63, 3.8) is 0 Å². The van der Waals surface area contributed by atoms with Gasteiger partial charge in [0.1, 0.15) is 0 Å². The maximum absolute atomic E-state index is 11.7. The summed E-state index contributed by atoms with van der Waals surface area (Å²) in [7, 11) is 0. The predicted octanol–water partition coefficient (Wildman–Crippen LogP) is 3.83. The highest BCUT2D eigenvalue weighted by molar-refractivity contribution is 6.15. The van der Waals surface area contributed by atoms with E-state index >= 15 is 0 Å². The van der Waals surface area contributed by atoms with E-state index in [0.29, 0.717) is 0 Å². The van der Waals surface area contributed by atoms with Crippen LogP contribution in [-0.4, -0.2) is 10.8 Å². The van der Waals surface area contributed by atoms with Gasteiger partial charge in [0.15, 0.2) is 5.78 Å². The highest BCUT2D eigenvalue weighted by Crippen LogP contribution is 2.29. The minimum atomic E-state index is 0.115. The number of carbonyl (C=O) groups excluding carboxylic acids is 1. The van der Waals surface area contributed by atoms with Crippen molar-refractivity contribution in [2.75, 3.05) is 0 Å². The highest BCUT2D eigenvalue weighted by Gasteiger charge is 2.13. The van der Waals surface area contributed by atoms with Gasteiger partial charge in [0.2, 0.25) is 0 Å². The van der Waals surface area contributed by atoms with Crippen molar-refractivity contribution in [3.8, 4) is 0 Å². The Bertz CT molecular complexity index is 737. The molecule has 0 aliphatic carbocycles. The number of aromatic amines is 1. The smallest absolute Gasteiger partial charge is 0.162 e. The number of hydrogen-bond donors (Lipinski definition) is 1. The molecule has 0 atom stereocenters. The number of rotatable bonds is 1. The first-order valence-electron chi connectivity index (χ1n) is 5.69. The van der Waals surface area contributed by atoms with Gasteiger partial charge in [-0.15, -0.1) is 0 Å². The van der Waals surface area contributed by atoms with Gasteiger partial charge in [-0.2, -0.15) is 0 Å².